The van der Waals surface area contributed by atoms with Gasteiger partial charge in [-0.3, -0.25) is 0 Å². The van der Waals surface area contributed by atoms with Crippen LogP contribution in [-0.2, 0) is 0 Å². The molecular formula is C6H20NO2P. The van der Waals surface area contributed by atoms with E-state index in [0.29, 0.717) is 0 Å². The quantitative estimate of drug-likeness (QED) is 0.590. The highest BCUT2D eigenvalue weighted by Crippen LogP contribution is 1.72. The van der Waals surface area contributed by atoms with Crippen LogP contribution in [0.4, 0.5) is 4.79 Å². The van der Waals surface area contributed by atoms with Gasteiger partial charge in [-0.25, -0.2) is 4.79 Å². The summed E-state index contributed by atoms with van der Waals surface area (Å²) in [6.45, 7) is 7.54. The number of hydrogen-bond acceptors (Lipinski definition) is 1. The molecule has 10 heavy (non-hydrogen) atoms. The zero-order chi connectivity index (χ0) is 7.86. The van der Waals surface area contributed by atoms with Crippen molar-refractivity contribution in [3.63, 3.8) is 0 Å². The first-order valence-corrected chi connectivity index (χ1v) is 3.12. The fourth-order valence-corrected chi connectivity index (χ4v) is 0.247. The van der Waals surface area contributed by atoms with E-state index in [2.05, 4.69) is 5.32 Å². The summed E-state index contributed by atoms with van der Waals surface area (Å²) in [7, 11) is 0. The molecule has 0 aromatic rings. The summed E-state index contributed by atoms with van der Waals surface area (Å²) in [6, 6.07) is 0.0255. The lowest BCUT2D eigenvalue weighted by atomic mass is 10.4. The summed E-state index contributed by atoms with van der Waals surface area (Å²) in [5.74, 6) is 0. The minimum absolute atomic E-state index is 0. The number of carboxylic acid groups (broad SMARTS) is 1. The Morgan fingerprint density at radius 1 is 1.50 bits per heavy atom. The van der Waals surface area contributed by atoms with Gasteiger partial charge in [-0.05, 0) is 13.8 Å². The van der Waals surface area contributed by atoms with Crippen LogP contribution < -0.4 is 5.32 Å². The summed E-state index contributed by atoms with van der Waals surface area (Å²) in [4.78, 5) is 9.70. The largest absolute Gasteiger partial charge is 0.465 e. The molecular weight excluding hydrogens is 149 g/mol. The SMILES string of the molecule is CC.CC(C)NC(=O)O.P.[HH]. The van der Waals surface area contributed by atoms with E-state index in [4.69, 9.17) is 5.11 Å². The number of rotatable bonds is 1. The Morgan fingerprint density at radius 3 is 1.80 bits per heavy atom. The van der Waals surface area contributed by atoms with Crippen LogP contribution in [0.3, 0.4) is 0 Å². The summed E-state index contributed by atoms with van der Waals surface area (Å²) < 4.78 is 0. The van der Waals surface area contributed by atoms with Crippen molar-refractivity contribution in [2.45, 2.75) is 33.7 Å². The summed E-state index contributed by atoms with van der Waals surface area (Å²) in [6.07, 6.45) is -0.963. The van der Waals surface area contributed by atoms with Gasteiger partial charge in [0, 0.05) is 7.47 Å². The van der Waals surface area contributed by atoms with E-state index >= 15 is 0 Å². The van der Waals surface area contributed by atoms with E-state index in [1.807, 2.05) is 13.8 Å². The Hall–Kier alpha value is -0.300. The maximum Gasteiger partial charge on any atom is 0.404 e. The molecule has 0 rings (SSSR count). The second-order valence-electron chi connectivity index (χ2n) is 1.60. The van der Waals surface area contributed by atoms with Crippen LogP contribution in [0, 0.1) is 0 Å². The number of hydrogen-bond donors (Lipinski definition) is 2. The van der Waals surface area contributed by atoms with Gasteiger partial charge in [0.25, 0.3) is 0 Å². The van der Waals surface area contributed by atoms with Crippen LogP contribution in [0.25, 0.3) is 0 Å². The van der Waals surface area contributed by atoms with E-state index in [0.717, 1.165) is 0 Å². The first-order valence-electron chi connectivity index (χ1n) is 3.12. The highest BCUT2D eigenvalue weighted by Gasteiger charge is 1.94. The molecule has 0 aliphatic heterocycles. The molecule has 1 unspecified atom stereocenters. The van der Waals surface area contributed by atoms with Crippen LogP contribution in [0.15, 0.2) is 0 Å². The monoisotopic (exact) mass is 169 g/mol. The number of nitrogens with one attached hydrogen (secondary N) is 1. The van der Waals surface area contributed by atoms with Gasteiger partial charge in [0.1, 0.15) is 0 Å². The lowest BCUT2D eigenvalue weighted by Gasteiger charge is -2.00. The second-order valence-corrected chi connectivity index (χ2v) is 1.60. The van der Waals surface area contributed by atoms with Crippen LogP contribution in [0.2, 0.25) is 0 Å². The molecule has 0 radical (unpaired) electrons. The fourth-order valence-electron chi connectivity index (χ4n) is 0.247. The zero-order valence-corrected chi connectivity index (χ0v) is 8.55. The highest BCUT2D eigenvalue weighted by molar-refractivity contribution is 6.92. The average Bonchev–Trinajstić information content (AvgIpc) is 1.68. The predicted molar refractivity (Wildman–Crippen MR) is 50.9 cm³/mol. The molecule has 0 aliphatic rings. The predicted octanol–water partition coefficient (Wildman–Crippen LogP) is 1.99. The van der Waals surface area contributed by atoms with E-state index < -0.39 is 6.09 Å². The van der Waals surface area contributed by atoms with Crippen molar-refractivity contribution in [2.24, 2.45) is 0 Å². The van der Waals surface area contributed by atoms with Crippen molar-refractivity contribution in [1.29, 1.82) is 0 Å². The Morgan fingerprint density at radius 2 is 1.80 bits per heavy atom. The minimum Gasteiger partial charge on any atom is -0.465 e. The smallest absolute Gasteiger partial charge is 0.404 e. The summed E-state index contributed by atoms with van der Waals surface area (Å²) >= 11 is 0. The number of carbonyl (C=O) groups is 1. The van der Waals surface area contributed by atoms with Crippen molar-refractivity contribution in [2.75, 3.05) is 0 Å². The third-order valence-corrected chi connectivity index (χ3v) is 0.412. The molecule has 0 bridgehead atoms. The summed E-state index contributed by atoms with van der Waals surface area (Å²) in [5, 5.41) is 10.2. The van der Waals surface area contributed by atoms with Gasteiger partial charge in [0.15, 0.2) is 0 Å². The van der Waals surface area contributed by atoms with Crippen molar-refractivity contribution in [3.8, 4) is 0 Å². The topological polar surface area (TPSA) is 49.3 Å². The molecule has 0 spiro atoms. The van der Waals surface area contributed by atoms with E-state index in [1.54, 1.807) is 13.8 Å². The molecule has 0 aliphatic carbocycles. The van der Waals surface area contributed by atoms with Crippen molar-refractivity contribution >= 4 is 16.0 Å². The highest BCUT2D eigenvalue weighted by atomic mass is 31.0. The molecule has 66 valence electrons. The lowest BCUT2D eigenvalue weighted by Crippen LogP contribution is -2.27. The summed E-state index contributed by atoms with van der Waals surface area (Å²) in [5.41, 5.74) is 0. The molecule has 0 aromatic heterocycles. The molecule has 0 saturated carbocycles. The van der Waals surface area contributed by atoms with Gasteiger partial charge < -0.3 is 10.4 Å². The molecule has 0 saturated heterocycles. The third kappa shape index (κ3) is 25.2. The van der Waals surface area contributed by atoms with Crippen LogP contribution in [0.1, 0.15) is 29.1 Å². The normalized spacial score (nSPS) is 6.90. The van der Waals surface area contributed by atoms with Gasteiger partial charge in [-0.1, -0.05) is 13.8 Å². The molecule has 4 heteroatoms. The van der Waals surface area contributed by atoms with E-state index in [1.165, 1.54) is 0 Å². The Kier molecular flexibility index (Phi) is 18.8. The van der Waals surface area contributed by atoms with E-state index in [9.17, 15) is 4.79 Å². The molecule has 1 atom stereocenters. The standard InChI is InChI=1S/C4H9NO2.C2H6.H3P.H2/c1-3(2)5-4(6)7;1-2;;/h3,5H,1-2H3,(H,6,7);1-2H3;1H3;1H. The first kappa shape index (κ1) is 16.4. The van der Waals surface area contributed by atoms with Gasteiger partial charge in [0.2, 0.25) is 0 Å². The van der Waals surface area contributed by atoms with Gasteiger partial charge in [0.05, 0.1) is 0 Å². The van der Waals surface area contributed by atoms with Gasteiger partial charge >= 0.3 is 6.09 Å². The average molecular weight is 169 g/mol. The van der Waals surface area contributed by atoms with Crippen LogP contribution >= 0.6 is 9.90 Å². The fraction of sp³-hybridized carbons (Fsp3) is 0.833. The molecule has 1 amide bonds. The number of amides is 1. The maximum absolute atomic E-state index is 9.70. The maximum atomic E-state index is 9.70. The van der Waals surface area contributed by atoms with Crippen molar-refractivity contribution in [3.05, 3.63) is 0 Å². The molecule has 0 fully saturated rings. The first-order chi connectivity index (χ1) is 4.13. The Balaban J connectivity index is -0.0000000564. The minimum atomic E-state index is -0.963. The van der Waals surface area contributed by atoms with Gasteiger partial charge in [-0.15, -0.1) is 0 Å². The lowest BCUT2D eigenvalue weighted by molar-refractivity contribution is 0.191. The molecule has 2 N–H and O–H groups in total. The zero-order valence-electron chi connectivity index (χ0n) is 7.14. The van der Waals surface area contributed by atoms with E-state index in [-0.39, 0.29) is 17.4 Å². The Labute approximate surface area is 67.3 Å². The third-order valence-electron chi connectivity index (χ3n) is 0.412. The van der Waals surface area contributed by atoms with Crippen LogP contribution in [0.5, 0.6) is 0 Å². The van der Waals surface area contributed by atoms with Crippen molar-refractivity contribution < 1.29 is 11.3 Å². The second kappa shape index (κ2) is 11.5. The van der Waals surface area contributed by atoms with Crippen molar-refractivity contribution in [1.82, 2.24) is 5.32 Å². The van der Waals surface area contributed by atoms with Crippen LogP contribution in [-0.4, -0.2) is 17.2 Å². The molecule has 3 nitrogen and oxygen atoms in total. The molecule has 0 aromatic carbocycles. The molecule has 0 heterocycles. The van der Waals surface area contributed by atoms with Gasteiger partial charge in [-0.2, -0.15) is 9.90 Å². The Bertz CT molecular complexity index is 81.0.